The summed E-state index contributed by atoms with van der Waals surface area (Å²) >= 11 is 0. The van der Waals surface area contributed by atoms with Crippen LogP contribution in [-0.4, -0.2) is 177 Å². The summed E-state index contributed by atoms with van der Waals surface area (Å²) < 4.78 is 0. The average Bonchev–Trinajstić information content (AvgIpc) is 1.52. The first-order valence-corrected chi connectivity index (χ1v) is 36.9. The third-order valence-electron chi connectivity index (χ3n) is 33.0. The molecule has 0 aromatic carbocycles. The van der Waals surface area contributed by atoms with Gasteiger partial charge in [0.2, 0.25) is 0 Å². The highest BCUT2D eigenvalue weighted by atomic mass is 16.4. The Morgan fingerprint density at radius 2 is 0.686 bits per heavy atom. The maximum atomic E-state index is 12.6. The molecule has 16 rings (SSSR count). The Bertz CT molecular complexity index is 3750. The average molecular weight is 1420 g/mol. The number of carboxylic acid groups (broad SMARTS) is 4. The molecule has 0 radical (unpaired) electrons. The van der Waals surface area contributed by atoms with E-state index < -0.39 is 178 Å². The first kappa shape index (κ1) is 74.6. The van der Waals surface area contributed by atoms with Crippen LogP contribution in [-0.2, 0) is 38.4 Å². The quantitative estimate of drug-likeness (QED) is 0.120. The summed E-state index contributed by atoms with van der Waals surface area (Å²) in [6.07, 6.45) is 14.2. The molecule has 8 bridgehead atoms. The molecular weight excluding hydrogens is 1310 g/mol. The lowest BCUT2D eigenvalue weighted by Gasteiger charge is -2.52. The van der Waals surface area contributed by atoms with E-state index in [9.17, 15) is 110 Å². The molecule has 14 N–H and O–H groups in total. The van der Waals surface area contributed by atoms with Crippen LogP contribution in [0.2, 0.25) is 0 Å². The van der Waals surface area contributed by atoms with Crippen LogP contribution < -0.4 is 0 Å². The summed E-state index contributed by atoms with van der Waals surface area (Å²) in [4.78, 5) is 99.9. The Morgan fingerprint density at radius 1 is 0.382 bits per heavy atom. The van der Waals surface area contributed by atoms with Gasteiger partial charge in [-0.3, -0.25) is 38.4 Å². The van der Waals surface area contributed by atoms with E-state index in [1.165, 1.54) is 52.0 Å². The molecular formula is C80H106O22. The number of aliphatic carboxylic acids is 4. The fourth-order valence-electron chi connectivity index (χ4n) is 28.2. The predicted octanol–water partition coefficient (Wildman–Crippen LogP) is 6.20. The maximum absolute atomic E-state index is 12.6. The first-order chi connectivity index (χ1) is 47.0. The minimum absolute atomic E-state index is 0.218. The number of allylic oxidation sites excluding steroid dienone is 2. The highest BCUT2D eigenvalue weighted by molar-refractivity contribution is 5.89. The van der Waals surface area contributed by atoms with Gasteiger partial charge in [-0.05, 0) is 239 Å². The molecule has 0 heterocycles. The van der Waals surface area contributed by atoms with Crippen molar-refractivity contribution in [1.29, 1.82) is 0 Å². The minimum Gasteiger partial charge on any atom is -0.481 e. The molecule has 22 heteroatoms. The molecule has 16 aliphatic rings. The van der Waals surface area contributed by atoms with E-state index in [2.05, 4.69) is 26.3 Å². The maximum Gasteiger partial charge on any atom is 0.307 e. The molecule has 13 saturated carbocycles. The summed E-state index contributed by atoms with van der Waals surface area (Å²) in [5, 5.41) is 152. The van der Waals surface area contributed by atoms with E-state index >= 15 is 0 Å². The molecule has 4 spiro atoms. The van der Waals surface area contributed by atoms with Gasteiger partial charge in [0.05, 0.1) is 103 Å². The van der Waals surface area contributed by atoms with Crippen LogP contribution in [0, 0.1) is 126 Å². The second-order valence-corrected chi connectivity index (χ2v) is 36.5. The molecule has 0 aliphatic heterocycles. The van der Waals surface area contributed by atoms with E-state index in [1.807, 2.05) is 0 Å². The second-order valence-electron chi connectivity index (χ2n) is 36.5. The van der Waals surface area contributed by atoms with E-state index in [4.69, 9.17) is 0 Å². The number of ketones is 4. The van der Waals surface area contributed by atoms with Crippen molar-refractivity contribution in [3.63, 3.8) is 0 Å². The zero-order valence-corrected chi connectivity index (χ0v) is 59.9. The molecule has 13 fully saturated rings. The van der Waals surface area contributed by atoms with Crippen molar-refractivity contribution < 1.29 is 110 Å². The fourth-order valence-corrected chi connectivity index (χ4v) is 28.2. The summed E-state index contributed by atoms with van der Waals surface area (Å²) in [5.74, 6) is -13.1. The van der Waals surface area contributed by atoms with Gasteiger partial charge in [0.25, 0.3) is 0 Å². The van der Waals surface area contributed by atoms with Gasteiger partial charge in [-0.25, -0.2) is 0 Å². The standard InChI is InChI=1S/C20H28O6.C20H26O6.2C20H26O5/c2*1-10-8-18-9-19(10,25)6-4-12(18)20(26)7-5-13(22)17(3,11(2)21)15(20)14(18)16(23)24;2*1-10-8-19-9-12(10)4-5-13(19)20(25)7-6-14(22)18(3,11(2)21)16(20)15(19)17(23)24/h12-15,22,25-26H,1,4-9H2,2-3H3,(H,23,24);5,7,12-15,22,25-26H,1,4,6,8-9H2,2-3H3,(H,23,24);2*6-7,12-16,22,25H,1,4-5,8-9H2,2-3H3,(H,23,24)/t2*12?,13?,14?,15?,17?,18?,19-,20?;;/m00../s1. The van der Waals surface area contributed by atoms with Crippen LogP contribution in [0.5, 0.6) is 0 Å². The number of aliphatic hydroxyl groups excluding tert-OH is 4. The summed E-state index contributed by atoms with van der Waals surface area (Å²) in [6, 6.07) is 0. The monoisotopic (exact) mass is 1420 g/mol. The summed E-state index contributed by atoms with van der Waals surface area (Å²) in [5.41, 5.74) is -12.5. The first-order valence-electron chi connectivity index (χ1n) is 36.9. The lowest BCUT2D eigenvalue weighted by Crippen LogP contribution is -2.60. The molecule has 558 valence electrons. The normalized spacial score (nSPS) is 54.3. The summed E-state index contributed by atoms with van der Waals surface area (Å²) in [6.45, 7) is 28.2. The number of carbonyl (C=O) groups excluding carboxylic acids is 4. The third-order valence-corrected chi connectivity index (χ3v) is 33.0. The number of Topliss-reactive ketones (excluding diaryl/α,β-unsaturated/α-hetero) is 4. The smallest absolute Gasteiger partial charge is 0.307 e. The Kier molecular flexibility index (Phi) is 16.8. The van der Waals surface area contributed by atoms with Crippen LogP contribution in [0.3, 0.4) is 0 Å². The Morgan fingerprint density at radius 3 is 1.02 bits per heavy atom. The number of carboxylic acids is 4. The van der Waals surface area contributed by atoms with Crippen LogP contribution in [0.4, 0.5) is 0 Å². The molecule has 22 nitrogen and oxygen atoms in total. The number of hydrogen-bond acceptors (Lipinski definition) is 18. The van der Waals surface area contributed by atoms with Gasteiger partial charge >= 0.3 is 23.9 Å². The van der Waals surface area contributed by atoms with Gasteiger partial charge in [-0.15, -0.1) is 0 Å². The van der Waals surface area contributed by atoms with Crippen LogP contribution in [0.1, 0.15) is 171 Å². The van der Waals surface area contributed by atoms with Crippen molar-refractivity contribution in [1.82, 2.24) is 0 Å². The van der Waals surface area contributed by atoms with Crippen LogP contribution in [0.15, 0.2) is 85.1 Å². The molecule has 32 atom stereocenters. The summed E-state index contributed by atoms with van der Waals surface area (Å²) in [7, 11) is 0. The van der Waals surface area contributed by atoms with Gasteiger partial charge in [-0.2, -0.15) is 0 Å². The molecule has 0 aromatic heterocycles. The number of carbonyl (C=O) groups is 8. The van der Waals surface area contributed by atoms with Gasteiger partial charge in [-0.1, -0.05) is 73.9 Å². The molecule has 16 aliphatic carbocycles. The third kappa shape index (κ3) is 8.99. The molecule has 0 aromatic rings. The highest BCUT2D eigenvalue weighted by Crippen LogP contribution is 2.79. The Balaban J connectivity index is 0.000000121. The zero-order chi connectivity index (χ0) is 75.3. The molecule has 102 heavy (non-hydrogen) atoms. The van der Waals surface area contributed by atoms with Crippen molar-refractivity contribution in [2.24, 2.45) is 126 Å². The number of rotatable bonds is 8. The number of hydrogen-bond donors (Lipinski definition) is 14. The highest BCUT2D eigenvalue weighted by Gasteiger charge is 2.83. The molecule has 30 unspecified atom stereocenters. The van der Waals surface area contributed by atoms with Crippen molar-refractivity contribution >= 4 is 47.0 Å². The topological polar surface area (TPSA) is 420 Å². The van der Waals surface area contributed by atoms with Crippen LogP contribution in [0.25, 0.3) is 0 Å². The second kappa shape index (κ2) is 22.9. The van der Waals surface area contributed by atoms with Crippen molar-refractivity contribution in [3.8, 4) is 0 Å². The van der Waals surface area contributed by atoms with Gasteiger partial charge in [0.1, 0.15) is 23.1 Å². The minimum atomic E-state index is -1.51. The Hall–Kier alpha value is -5.66. The van der Waals surface area contributed by atoms with E-state index in [-0.39, 0.29) is 66.6 Å². The van der Waals surface area contributed by atoms with E-state index in [0.717, 1.165) is 36.8 Å². The number of fused-ring (bicyclic) bond motifs is 12. The van der Waals surface area contributed by atoms with Gasteiger partial charge in [0, 0.05) is 23.7 Å². The largest absolute Gasteiger partial charge is 0.481 e. The SMILES string of the molecule is C=C1CC23CC1CCC2C1(O)C=CC(O)C(C)(C(C)=O)C1C3C(=O)O.C=C1CC23CC1CCC2C1(O)C=CC(O)C(C)(C(C)=O)C1C3C(=O)O.C=C1CC23C[C@@]1(O)CCC2C1(O)C=CC(O)C(C)(C(C)=O)C1C3C(=O)O.C=C1CC23C[C@@]1(O)CCC2C1(O)CCC(O)C(C)(C(C)=O)C1C3C(=O)O. The molecule has 0 saturated heterocycles. The number of aliphatic hydroxyl groups is 10. The predicted molar refractivity (Wildman–Crippen MR) is 365 cm³/mol. The Labute approximate surface area is 594 Å². The van der Waals surface area contributed by atoms with E-state index in [1.54, 1.807) is 39.8 Å². The van der Waals surface area contributed by atoms with Crippen molar-refractivity contribution in [2.75, 3.05) is 0 Å². The zero-order valence-electron chi connectivity index (χ0n) is 59.9. The van der Waals surface area contributed by atoms with E-state index in [0.29, 0.717) is 87.2 Å². The molecule has 0 amide bonds. The van der Waals surface area contributed by atoms with Crippen molar-refractivity contribution in [2.45, 2.75) is 229 Å². The van der Waals surface area contributed by atoms with Gasteiger partial charge < -0.3 is 71.5 Å². The lowest BCUT2D eigenvalue weighted by molar-refractivity contribution is -0.184. The van der Waals surface area contributed by atoms with Gasteiger partial charge in [0.15, 0.2) is 0 Å². The lowest BCUT2D eigenvalue weighted by atomic mass is 9.55. The fraction of sp³-hybridized carbons (Fsp3) is 0.725. The van der Waals surface area contributed by atoms with Crippen molar-refractivity contribution in [3.05, 3.63) is 85.1 Å². The van der Waals surface area contributed by atoms with Crippen LogP contribution >= 0.6 is 0 Å².